The van der Waals surface area contributed by atoms with Crippen LogP contribution < -0.4 is 5.32 Å². The van der Waals surface area contributed by atoms with E-state index in [-0.39, 0.29) is 12.0 Å². The fourth-order valence-electron chi connectivity index (χ4n) is 1.46. The first-order valence-electron chi connectivity index (χ1n) is 5.37. The maximum atomic E-state index is 11.5. The van der Waals surface area contributed by atoms with E-state index >= 15 is 0 Å². The summed E-state index contributed by atoms with van der Waals surface area (Å²) in [6, 6.07) is 0. The van der Waals surface area contributed by atoms with Crippen LogP contribution in [-0.2, 0) is 14.3 Å². The van der Waals surface area contributed by atoms with Gasteiger partial charge in [0.25, 0.3) is 0 Å². The molecular formula is C10H18ClNO3. The molecule has 1 amide bonds. The fraction of sp³-hybridized carbons (Fsp3) is 0.900. The van der Waals surface area contributed by atoms with Gasteiger partial charge >= 0.3 is 0 Å². The maximum Gasteiger partial charge on any atom is 0.249 e. The summed E-state index contributed by atoms with van der Waals surface area (Å²) in [6.45, 7) is 2.25. The predicted octanol–water partition coefficient (Wildman–Crippen LogP) is 0.927. The Morgan fingerprint density at radius 1 is 1.47 bits per heavy atom. The molecule has 0 saturated carbocycles. The summed E-state index contributed by atoms with van der Waals surface area (Å²) in [5, 5.41) is 2.78. The van der Waals surface area contributed by atoms with Crippen molar-refractivity contribution in [2.75, 3.05) is 32.2 Å². The number of nitrogens with one attached hydrogen (secondary N) is 1. The maximum absolute atomic E-state index is 11.5. The Kier molecular flexibility index (Phi) is 6.72. The van der Waals surface area contributed by atoms with E-state index in [0.29, 0.717) is 32.2 Å². The smallest absolute Gasteiger partial charge is 0.249 e. The molecule has 1 N–H and O–H groups in total. The molecule has 0 radical (unpaired) electrons. The second kappa shape index (κ2) is 7.91. The normalized spacial score (nSPS) is 21.3. The van der Waals surface area contributed by atoms with Crippen molar-refractivity contribution in [3.63, 3.8) is 0 Å². The van der Waals surface area contributed by atoms with Crippen LogP contribution in [0.4, 0.5) is 0 Å². The lowest BCUT2D eigenvalue weighted by molar-refractivity contribution is -0.135. The van der Waals surface area contributed by atoms with Gasteiger partial charge in [0.1, 0.15) is 6.10 Å². The molecular weight excluding hydrogens is 218 g/mol. The number of halogens is 1. The van der Waals surface area contributed by atoms with Crippen LogP contribution in [-0.4, -0.2) is 44.3 Å². The van der Waals surface area contributed by atoms with Crippen LogP contribution in [0.5, 0.6) is 0 Å². The number of ether oxygens (including phenoxy) is 2. The number of carbonyl (C=O) groups excluding carboxylic acids is 1. The molecule has 0 aromatic carbocycles. The van der Waals surface area contributed by atoms with E-state index in [4.69, 9.17) is 21.1 Å². The molecule has 1 fully saturated rings. The van der Waals surface area contributed by atoms with Crippen molar-refractivity contribution in [2.45, 2.75) is 25.4 Å². The molecule has 1 atom stereocenters. The van der Waals surface area contributed by atoms with Crippen molar-refractivity contribution in [1.29, 1.82) is 0 Å². The summed E-state index contributed by atoms with van der Waals surface area (Å²) in [5.41, 5.74) is 0. The van der Waals surface area contributed by atoms with Crippen LogP contribution >= 0.6 is 11.6 Å². The number of rotatable bonds is 6. The topological polar surface area (TPSA) is 47.6 Å². The first-order valence-corrected chi connectivity index (χ1v) is 5.91. The Bertz CT molecular complexity index is 184. The van der Waals surface area contributed by atoms with E-state index in [9.17, 15) is 4.79 Å². The first kappa shape index (κ1) is 12.7. The quantitative estimate of drug-likeness (QED) is 0.550. The van der Waals surface area contributed by atoms with Crippen LogP contribution in [0.25, 0.3) is 0 Å². The Morgan fingerprint density at radius 2 is 2.33 bits per heavy atom. The predicted molar refractivity (Wildman–Crippen MR) is 58.1 cm³/mol. The van der Waals surface area contributed by atoms with E-state index in [1.54, 1.807) is 0 Å². The molecule has 1 aliphatic heterocycles. The van der Waals surface area contributed by atoms with E-state index in [1.165, 1.54) is 0 Å². The van der Waals surface area contributed by atoms with Gasteiger partial charge < -0.3 is 14.8 Å². The minimum Gasteiger partial charge on any atom is -0.378 e. The van der Waals surface area contributed by atoms with Crippen LogP contribution in [0, 0.1) is 0 Å². The van der Waals surface area contributed by atoms with Gasteiger partial charge in [-0.15, -0.1) is 11.6 Å². The molecule has 4 nitrogen and oxygen atoms in total. The second-order valence-electron chi connectivity index (χ2n) is 3.45. The molecule has 0 aliphatic carbocycles. The number of alkyl halides is 1. The van der Waals surface area contributed by atoms with E-state index in [2.05, 4.69) is 5.32 Å². The van der Waals surface area contributed by atoms with Gasteiger partial charge in [-0.2, -0.15) is 0 Å². The van der Waals surface area contributed by atoms with Crippen LogP contribution in [0.1, 0.15) is 19.3 Å². The molecule has 15 heavy (non-hydrogen) atoms. The van der Waals surface area contributed by atoms with Crippen LogP contribution in [0.15, 0.2) is 0 Å². The summed E-state index contributed by atoms with van der Waals surface area (Å²) in [7, 11) is 0. The highest BCUT2D eigenvalue weighted by Gasteiger charge is 2.20. The number of hydrogen-bond donors (Lipinski definition) is 1. The lowest BCUT2D eigenvalue weighted by Gasteiger charge is -2.21. The van der Waals surface area contributed by atoms with Gasteiger partial charge in [0.05, 0.1) is 13.2 Å². The summed E-state index contributed by atoms with van der Waals surface area (Å²) < 4.78 is 10.5. The van der Waals surface area contributed by atoms with Crippen LogP contribution in [0.3, 0.4) is 0 Å². The zero-order valence-corrected chi connectivity index (χ0v) is 9.59. The SMILES string of the molecule is O=C(NCCOCCCl)C1CCCCO1. The van der Waals surface area contributed by atoms with E-state index in [0.717, 1.165) is 19.3 Å². The molecule has 0 aromatic heterocycles. The summed E-state index contributed by atoms with van der Waals surface area (Å²) in [6.07, 6.45) is 2.70. The Labute approximate surface area is 95.3 Å². The highest BCUT2D eigenvalue weighted by molar-refractivity contribution is 6.17. The zero-order valence-electron chi connectivity index (χ0n) is 8.84. The van der Waals surface area contributed by atoms with Gasteiger partial charge in [-0.25, -0.2) is 0 Å². The molecule has 5 heteroatoms. The van der Waals surface area contributed by atoms with Crippen molar-refractivity contribution in [3.05, 3.63) is 0 Å². The Balaban J connectivity index is 2.02. The molecule has 1 aliphatic rings. The summed E-state index contributed by atoms with van der Waals surface area (Å²) in [4.78, 5) is 11.5. The molecule has 1 unspecified atom stereocenters. The molecule has 0 aromatic rings. The van der Waals surface area contributed by atoms with Crippen LogP contribution in [0.2, 0.25) is 0 Å². The highest BCUT2D eigenvalue weighted by atomic mass is 35.5. The van der Waals surface area contributed by atoms with Gasteiger partial charge in [-0.1, -0.05) is 0 Å². The summed E-state index contributed by atoms with van der Waals surface area (Å²) in [5.74, 6) is 0.462. The molecule has 88 valence electrons. The Hall–Kier alpha value is -0.320. The van der Waals surface area contributed by atoms with Gasteiger partial charge in [-0.05, 0) is 19.3 Å². The van der Waals surface area contributed by atoms with Crippen molar-refractivity contribution < 1.29 is 14.3 Å². The van der Waals surface area contributed by atoms with Gasteiger partial charge in [0.15, 0.2) is 0 Å². The molecule has 0 bridgehead atoms. The van der Waals surface area contributed by atoms with Gasteiger partial charge in [0.2, 0.25) is 5.91 Å². The summed E-state index contributed by atoms with van der Waals surface area (Å²) >= 11 is 5.43. The average Bonchev–Trinajstić information content (AvgIpc) is 2.30. The first-order chi connectivity index (χ1) is 7.34. The average molecular weight is 236 g/mol. The minimum atomic E-state index is -0.258. The molecule has 0 spiro atoms. The second-order valence-corrected chi connectivity index (χ2v) is 3.83. The highest BCUT2D eigenvalue weighted by Crippen LogP contribution is 2.12. The minimum absolute atomic E-state index is 0.0239. The van der Waals surface area contributed by atoms with Crippen molar-refractivity contribution >= 4 is 17.5 Å². The van der Waals surface area contributed by atoms with Gasteiger partial charge in [-0.3, -0.25) is 4.79 Å². The third-order valence-electron chi connectivity index (χ3n) is 2.24. The monoisotopic (exact) mass is 235 g/mol. The fourth-order valence-corrected chi connectivity index (χ4v) is 1.57. The molecule has 1 saturated heterocycles. The van der Waals surface area contributed by atoms with Crippen molar-refractivity contribution in [1.82, 2.24) is 5.32 Å². The number of amides is 1. The zero-order chi connectivity index (χ0) is 10.9. The van der Waals surface area contributed by atoms with Crippen molar-refractivity contribution in [3.8, 4) is 0 Å². The standard InChI is InChI=1S/C10H18ClNO3/c11-4-7-14-8-5-12-10(13)9-3-1-2-6-15-9/h9H,1-8H2,(H,12,13). The van der Waals surface area contributed by atoms with Crippen molar-refractivity contribution in [2.24, 2.45) is 0 Å². The lowest BCUT2D eigenvalue weighted by atomic mass is 10.1. The number of hydrogen-bond acceptors (Lipinski definition) is 3. The van der Waals surface area contributed by atoms with E-state index in [1.807, 2.05) is 0 Å². The Morgan fingerprint density at radius 3 is 3.00 bits per heavy atom. The molecule has 1 rings (SSSR count). The van der Waals surface area contributed by atoms with Gasteiger partial charge in [0, 0.05) is 19.0 Å². The largest absolute Gasteiger partial charge is 0.378 e. The molecule has 1 heterocycles. The lowest BCUT2D eigenvalue weighted by Crippen LogP contribution is -2.39. The third-order valence-corrected chi connectivity index (χ3v) is 2.39. The number of carbonyl (C=O) groups is 1. The van der Waals surface area contributed by atoms with E-state index < -0.39 is 0 Å². The third kappa shape index (κ3) is 5.35.